The Morgan fingerprint density at radius 3 is 1.13 bits per heavy atom. The molecule has 6 heteroatoms. The fraction of sp³-hybridized carbons (Fsp3) is 0.930. The SMILES string of the molecule is CCCCCCC/C=C\CCCCCCCC(=O)OCCCCCCCCCCCCC(=O)NC(CO)C(O)CCCCCCCCCCCCCCCCCCCCCCCC. The summed E-state index contributed by atoms with van der Waals surface area (Å²) in [5, 5.41) is 23.3. The molecule has 6 nitrogen and oxygen atoms in total. The maximum Gasteiger partial charge on any atom is 0.305 e. The van der Waals surface area contributed by atoms with Gasteiger partial charge < -0.3 is 20.3 Å². The molecule has 0 fully saturated rings. The lowest BCUT2D eigenvalue weighted by Crippen LogP contribution is -2.45. The Kier molecular flexibility index (Phi) is 52.0. The van der Waals surface area contributed by atoms with Crippen LogP contribution in [0.3, 0.4) is 0 Å². The van der Waals surface area contributed by atoms with Gasteiger partial charge >= 0.3 is 5.97 Å². The standard InChI is InChI=1S/C57H111NO5/c1-3-5-7-9-11-13-15-17-19-20-21-22-23-24-25-26-27-29-33-37-41-45-49-55(60)54(53-59)58-56(61)50-46-42-38-34-31-32-36-40-44-48-52-63-57(62)51-47-43-39-35-30-28-18-16-14-12-10-8-6-4-2/h16,18,54-55,59-60H,3-15,17,19-53H2,1-2H3,(H,58,61)/b18-16-. The molecule has 1 amide bonds. The van der Waals surface area contributed by atoms with Gasteiger partial charge in [0.2, 0.25) is 5.91 Å². The lowest BCUT2D eigenvalue weighted by molar-refractivity contribution is -0.143. The summed E-state index contributed by atoms with van der Waals surface area (Å²) in [5.41, 5.74) is 0. The monoisotopic (exact) mass is 890 g/mol. The number of hydrogen-bond donors (Lipinski definition) is 3. The smallest absolute Gasteiger partial charge is 0.305 e. The highest BCUT2D eigenvalue weighted by molar-refractivity contribution is 5.76. The van der Waals surface area contributed by atoms with Crippen LogP contribution < -0.4 is 5.32 Å². The van der Waals surface area contributed by atoms with E-state index in [1.165, 1.54) is 225 Å². The van der Waals surface area contributed by atoms with Crippen molar-refractivity contribution in [2.45, 2.75) is 328 Å². The summed E-state index contributed by atoms with van der Waals surface area (Å²) in [6.07, 6.45) is 61.9. The van der Waals surface area contributed by atoms with Crippen LogP contribution in [0.2, 0.25) is 0 Å². The van der Waals surface area contributed by atoms with Crippen LogP contribution in [0.4, 0.5) is 0 Å². The Morgan fingerprint density at radius 2 is 0.746 bits per heavy atom. The van der Waals surface area contributed by atoms with Gasteiger partial charge in [-0.3, -0.25) is 9.59 Å². The molecule has 0 aliphatic carbocycles. The fourth-order valence-corrected chi connectivity index (χ4v) is 8.93. The lowest BCUT2D eigenvalue weighted by Gasteiger charge is -2.22. The van der Waals surface area contributed by atoms with Crippen molar-refractivity contribution in [1.82, 2.24) is 5.32 Å². The number of allylic oxidation sites excluding steroid dienone is 2. The summed E-state index contributed by atoms with van der Waals surface area (Å²) in [6.45, 7) is 4.91. The number of ether oxygens (including phenoxy) is 1. The van der Waals surface area contributed by atoms with Gasteiger partial charge in [0.1, 0.15) is 0 Å². The molecule has 2 unspecified atom stereocenters. The highest BCUT2D eigenvalue weighted by atomic mass is 16.5. The lowest BCUT2D eigenvalue weighted by atomic mass is 10.0. The van der Waals surface area contributed by atoms with Crippen molar-refractivity contribution in [3.05, 3.63) is 12.2 Å². The van der Waals surface area contributed by atoms with E-state index in [4.69, 9.17) is 4.74 Å². The van der Waals surface area contributed by atoms with Gasteiger partial charge in [-0.2, -0.15) is 0 Å². The molecule has 0 aliphatic heterocycles. The molecule has 0 aliphatic rings. The summed E-state index contributed by atoms with van der Waals surface area (Å²) in [5.74, 6) is -0.0811. The summed E-state index contributed by atoms with van der Waals surface area (Å²) in [6, 6.07) is -0.559. The van der Waals surface area contributed by atoms with Crippen molar-refractivity contribution in [1.29, 1.82) is 0 Å². The van der Waals surface area contributed by atoms with Crippen molar-refractivity contribution in [2.24, 2.45) is 0 Å². The number of hydrogen-bond acceptors (Lipinski definition) is 5. The van der Waals surface area contributed by atoms with Gasteiger partial charge in [0.25, 0.3) is 0 Å². The van der Waals surface area contributed by atoms with Crippen molar-refractivity contribution in [3.8, 4) is 0 Å². The minimum Gasteiger partial charge on any atom is -0.466 e. The van der Waals surface area contributed by atoms with Crippen LogP contribution in [0, 0.1) is 0 Å². The number of esters is 1. The topological polar surface area (TPSA) is 95.9 Å². The predicted octanol–water partition coefficient (Wildman–Crippen LogP) is 17.3. The molecule has 0 heterocycles. The van der Waals surface area contributed by atoms with Gasteiger partial charge in [0.05, 0.1) is 25.4 Å². The van der Waals surface area contributed by atoms with Crippen molar-refractivity contribution in [2.75, 3.05) is 13.2 Å². The first-order valence-electron chi connectivity index (χ1n) is 28.4. The zero-order valence-electron chi connectivity index (χ0n) is 42.6. The van der Waals surface area contributed by atoms with Crippen molar-refractivity contribution >= 4 is 11.9 Å². The van der Waals surface area contributed by atoms with E-state index in [-0.39, 0.29) is 18.5 Å². The van der Waals surface area contributed by atoms with Gasteiger partial charge in [0, 0.05) is 12.8 Å². The number of unbranched alkanes of at least 4 members (excludes halogenated alkanes) is 40. The third kappa shape index (κ3) is 49.9. The van der Waals surface area contributed by atoms with E-state index < -0.39 is 12.1 Å². The zero-order valence-corrected chi connectivity index (χ0v) is 42.6. The van der Waals surface area contributed by atoms with E-state index in [2.05, 4.69) is 31.3 Å². The fourth-order valence-electron chi connectivity index (χ4n) is 8.93. The molecule has 0 radical (unpaired) electrons. The van der Waals surface area contributed by atoms with Crippen molar-refractivity contribution in [3.63, 3.8) is 0 Å². The Bertz CT molecular complexity index is 939. The van der Waals surface area contributed by atoms with E-state index >= 15 is 0 Å². The molecule has 0 saturated carbocycles. The highest BCUT2D eigenvalue weighted by Crippen LogP contribution is 2.17. The maximum absolute atomic E-state index is 12.5. The zero-order chi connectivity index (χ0) is 45.8. The number of aliphatic hydroxyl groups excluding tert-OH is 2. The third-order valence-corrected chi connectivity index (χ3v) is 13.3. The van der Waals surface area contributed by atoms with Crippen LogP contribution in [0.15, 0.2) is 12.2 Å². The summed E-state index contributed by atoms with van der Waals surface area (Å²) in [7, 11) is 0. The molecule has 0 saturated heterocycles. The molecule has 0 aromatic rings. The van der Waals surface area contributed by atoms with E-state index in [0.717, 1.165) is 57.8 Å². The van der Waals surface area contributed by atoms with Crippen LogP contribution in [0.5, 0.6) is 0 Å². The molecule has 374 valence electrons. The number of aliphatic hydroxyl groups is 2. The minimum atomic E-state index is -0.679. The van der Waals surface area contributed by atoms with Gasteiger partial charge in [-0.25, -0.2) is 0 Å². The Morgan fingerprint density at radius 1 is 0.429 bits per heavy atom. The van der Waals surface area contributed by atoms with Gasteiger partial charge in [-0.15, -0.1) is 0 Å². The van der Waals surface area contributed by atoms with Gasteiger partial charge in [-0.1, -0.05) is 264 Å². The van der Waals surface area contributed by atoms with E-state index in [9.17, 15) is 19.8 Å². The maximum atomic E-state index is 12.5. The van der Waals surface area contributed by atoms with Crippen LogP contribution >= 0.6 is 0 Å². The molecule has 0 spiro atoms. The molecule has 0 aromatic heterocycles. The van der Waals surface area contributed by atoms with Crippen molar-refractivity contribution < 1.29 is 24.5 Å². The molecular formula is C57H111NO5. The molecule has 0 aromatic carbocycles. The first kappa shape index (κ1) is 61.6. The average molecular weight is 891 g/mol. The first-order valence-corrected chi connectivity index (χ1v) is 28.4. The molecule has 2 atom stereocenters. The van der Waals surface area contributed by atoms with E-state index in [1.54, 1.807) is 0 Å². The summed E-state index contributed by atoms with van der Waals surface area (Å²) < 4.78 is 5.45. The normalized spacial score (nSPS) is 12.6. The summed E-state index contributed by atoms with van der Waals surface area (Å²) in [4.78, 5) is 24.5. The van der Waals surface area contributed by atoms with Crippen LogP contribution in [0.1, 0.15) is 316 Å². The Labute approximate surface area is 393 Å². The van der Waals surface area contributed by atoms with E-state index in [1.807, 2.05) is 0 Å². The second kappa shape index (κ2) is 53.2. The second-order valence-electron chi connectivity index (χ2n) is 19.6. The second-order valence-corrected chi connectivity index (χ2v) is 19.6. The molecule has 63 heavy (non-hydrogen) atoms. The summed E-state index contributed by atoms with van der Waals surface area (Å²) >= 11 is 0. The third-order valence-electron chi connectivity index (χ3n) is 13.3. The van der Waals surface area contributed by atoms with Crippen LogP contribution in [-0.2, 0) is 14.3 Å². The highest BCUT2D eigenvalue weighted by Gasteiger charge is 2.20. The van der Waals surface area contributed by atoms with Crippen LogP contribution in [-0.4, -0.2) is 47.4 Å². The number of carbonyl (C=O) groups excluding carboxylic acids is 2. The molecule has 0 rings (SSSR count). The average Bonchev–Trinajstić information content (AvgIpc) is 3.28. The predicted molar refractivity (Wildman–Crippen MR) is 273 cm³/mol. The minimum absolute atomic E-state index is 0.0262. The molecule has 3 N–H and O–H groups in total. The van der Waals surface area contributed by atoms with Crippen LogP contribution in [0.25, 0.3) is 0 Å². The number of amides is 1. The largest absolute Gasteiger partial charge is 0.466 e. The quantitative estimate of drug-likeness (QED) is 0.0321. The number of rotatable bonds is 53. The molecular weight excluding hydrogens is 779 g/mol. The Balaban J connectivity index is 3.47. The van der Waals surface area contributed by atoms with Gasteiger partial charge in [-0.05, 0) is 51.4 Å². The number of carbonyl (C=O) groups is 2. The first-order chi connectivity index (χ1) is 31.0. The Hall–Kier alpha value is -1.40. The number of nitrogens with one attached hydrogen (secondary N) is 1. The van der Waals surface area contributed by atoms with Gasteiger partial charge in [0.15, 0.2) is 0 Å². The molecule has 0 bridgehead atoms. The van der Waals surface area contributed by atoms with E-state index in [0.29, 0.717) is 25.9 Å².